The van der Waals surface area contributed by atoms with Gasteiger partial charge in [-0.05, 0) is 22.9 Å². The molecule has 2 rings (SSSR count). The third-order valence-electron chi connectivity index (χ3n) is 2.51. The predicted molar refractivity (Wildman–Crippen MR) is 80.3 cm³/mol. The molecule has 0 aliphatic rings. The van der Waals surface area contributed by atoms with Crippen LogP contribution < -0.4 is 10.1 Å². The van der Waals surface area contributed by atoms with Crippen molar-refractivity contribution in [2.75, 3.05) is 13.7 Å². The second-order valence-electron chi connectivity index (χ2n) is 3.72. The number of rotatable bonds is 4. The van der Waals surface area contributed by atoms with E-state index in [0.717, 1.165) is 10.4 Å². The van der Waals surface area contributed by atoms with Crippen LogP contribution in [0.5, 0.6) is 5.75 Å². The van der Waals surface area contributed by atoms with Crippen molar-refractivity contribution in [3.63, 3.8) is 0 Å². The van der Waals surface area contributed by atoms with Gasteiger partial charge in [0, 0.05) is 10.4 Å². The third-order valence-corrected chi connectivity index (χ3v) is 4.33. The summed E-state index contributed by atoms with van der Waals surface area (Å²) in [5, 5.41) is 15.3. The Morgan fingerprint density at radius 1 is 1.40 bits per heavy atom. The fourth-order valence-electron chi connectivity index (χ4n) is 1.59. The first-order chi connectivity index (χ1) is 9.76. The van der Waals surface area contributed by atoms with Crippen LogP contribution in [0.2, 0.25) is 0 Å². The maximum absolute atomic E-state index is 12.1. The highest BCUT2D eigenvalue weighted by molar-refractivity contribution is 7.12. The number of aliphatic hydroxyl groups excluding tert-OH is 1. The van der Waals surface area contributed by atoms with Gasteiger partial charge in [-0.25, -0.2) is 0 Å². The number of ether oxygens (including phenoxy) is 1. The Hall–Kier alpha value is -1.81. The second-order valence-corrected chi connectivity index (χ2v) is 5.63. The Balaban J connectivity index is 2.02. The number of hydrogen-bond acceptors (Lipinski definition) is 5. The van der Waals surface area contributed by atoms with Crippen molar-refractivity contribution in [2.45, 2.75) is 6.54 Å². The van der Waals surface area contributed by atoms with Crippen molar-refractivity contribution in [1.82, 2.24) is 5.32 Å². The quantitative estimate of drug-likeness (QED) is 0.850. The van der Waals surface area contributed by atoms with Crippen LogP contribution in [0.1, 0.15) is 20.1 Å². The van der Waals surface area contributed by atoms with Crippen LogP contribution in [0.15, 0.2) is 22.9 Å². The molecule has 2 heterocycles. The van der Waals surface area contributed by atoms with Gasteiger partial charge in [0.25, 0.3) is 5.91 Å². The van der Waals surface area contributed by atoms with Gasteiger partial charge >= 0.3 is 0 Å². The molecule has 0 radical (unpaired) electrons. The van der Waals surface area contributed by atoms with Crippen LogP contribution in [0, 0.1) is 11.8 Å². The Morgan fingerprint density at radius 2 is 2.20 bits per heavy atom. The van der Waals surface area contributed by atoms with Crippen LogP contribution in [0.25, 0.3) is 0 Å². The first-order valence-electron chi connectivity index (χ1n) is 5.82. The summed E-state index contributed by atoms with van der Waals surface area (Å²) in [6, 6.07) is 3.64. The molecular formula is C14H13NO3S2. The lowest BCUT2D eigenvalue weighted by Crippen LogP contribution is -2.22. The van der Waals surface area contributed by atoms with E-state index >= 15 is 0 Å². The summed E-state index contributed by atoms with van der Waals surface area (Å²) in [6.07, 6.45) is 0. The Kier molecular flexibility index (Phi) is 5.18. The Morgan fingerprint density at radius 3 is 2.95 bits per heavy atom. The first kappa shape index (κ1) is 14.6. The second kappa shape index (κ2) is 7.10. The number of thiophene rings is 2. The average molecular weight is 307 g/mol. The largest absolute Gasteiger partial charge is 0.495 e. The standard InChI is InChI=1S/C14H13NO3S2/c1-18-11-5-8-20-13(11)14(17)15-9-12-10(3-2-6-16)4-7-19-12/h4-5,7-8,16H,6,9H2,1H3,(H,15,17). The van der Waals surface area contributed by atoms with E-state index in [0.29, 0.717) is 17.2 Å². The topological polar surface area (TPSA) is 58.6 Å². The minimum Gasteiger partial charge on any atom is -0.495 e. The molecule has 0 aliphatic carbocycles. The summed E-state index contributed by atoms with van der Waals surface area (Å²) in [5.41, 5.74) is 0.836. The van der Waals surface area contributed by atoms with Gasteiger partial charge in [0.2, 0.25) is 0 Å². The fraction of sp³-hybridized carbons (Fsp3) is 0.214. The molecule has 0 atom stereocenters. The lowest BCUT2D eigenvalue weighted by Gasteiger charge is -2.04. The van der Waals surface area contributed by atoms with E-state index in [9.17, 15) is 4.79 Å². The van der Waals surface area contributed by atoms with Gasteiger partial charge in [-0.1, -0.05) is 11.8 Å². The van der Waals surface area contributed by atoms with Crippen molar-refractivity contribution in [3.8, 4) is 17.6 Å². The van der Waals surface area contributed by atoms with E-state index < -0.39 is 0 Å². The van der Waals surface area contributed by atoms with Gasteiger partial charge in [-0.3, -0.25) is 4.79 Å². The summed E-state index contributed by atoms with van der Waals surface area (Å²) in [6.45, 7) is 0.237. The third kappa shape index (κ3) is 3.39. The molecule has 0 unspecified atom stereocenters. The van der Waals surface area contributed by atoms with E-state index in [2.05, 4.69) is 17.2 Å². The number of nitrogens with one attached hydrogen (secondary N) is 1. The van der Waals surface area contributed by atoms with Crippen LogP contribution >= 0.6 is 22.7 Å². The summed E-state index contributed by atoms with van der Waals surface area (Å²) in [4.78, 5) is 13.6. The van der Waals surface area contributed by atoms with E-state index in [-0.39, 0.29) is 12.5 Å². The van der Waals surface area contributed by atoms with Gasteiger partial charge in [-0.15, -0.1) is 22.7 Å². The van der Waals surface area contributed by atoms with Crippen molar-refractivity contribution in [3.05, 3.63) is 38.2 Å². The molecule has 104 valence electrons. The van der Waals surface area contributed by atoms with Crippen molar-refractivity contribution < 1.29 is 14.6 Å². The first-order valence-corrected chi connectivity index (χ1v) is 7.58. The summed E-state index contributed by atoms with van der Waals surface area (Å²) >= 11 is 2.87. The predicted octanol–water partition coefficient (Wildman–Crippen LogP) is 2.09. The van der Waals surface area contributed by atoms with Gasteiger partial charge < -0.3 is 15.2 Å². The molecule has 20 heavy (non-hydrogen) atoms. The monoisotopic (exact) mass is 307 g/mol. The van der Waals surface area contributed by atoms with Crippen LogP contribution in [0.3, 0.4) is 0 Å². The molecule has 2 aromatic heterocycles. The minimum absolute atomic E-state index is 0.161. The molecule has 0 bridgehead atoms. The molecule has 6 heteroatoms. The van der Waals surface area contributed by atoms with E-state index in [1.54, 1.807) is 13.2 Å². The van der Waals surface area contributed by atoms with Crippen LogP contribution in [0.4, 0.5) is 0 Å². The molecule has 0 fully saturated rings. The Labute approximate surface area is 125 Å². The highest BCUT2D eigenvalue weighted by Gasteiger charge is 2.14. The maximum atomic E-state index is 12.1. The van der Waals surface area contributed by atoms with Crippen molar-refractivity contribution in [2.24, 2.45) is 0 Å². The molecule has 0 aliphatic heterocycles. The number of aliphatic hydroxyl groups is 1. The molecule has 0 saturated carbocycles. The fourth-order valence-corrected chi connectivity index (χ4v) is 3.13. The number of amides is 1. The maximum Gasteiger partial charge on any atom is 0.265 e. The van der Waals surface area contributed by atoms with Crippen LogP contribution in [-0.2, 0) is 6.54 Å². The van der Waals surface area contributed by atoms with Gasteiger partial charge in [0.05, 0.1) is 13.7 Å². The zero-order valence-electron chi connectivity index (χ0n) is 10.8. The van der Waals surface area contributed by atoms with Gasteiger partial charge in [0.1, 0.15) is 17.2 Å². The van der Waals surface area contributed by atoms with Gasteiger partial charge in [0.15, 0.2) is 0 Å². The SMILES string of the molecule is COc1ccsc1C(=O)NCc1sccc1C#CCO. The summed E-state index contributed by atoms with van der Waals surface area (Å²) in [5.74, 6) is 5.89. The Bertz CT molecular complexity index is 649. The molecule has 2 N–H and O–H groups in total. The lowest BCUT2D eigenvalue weighted by atomic mass is 10.2. The number of methoxy groups -OCH3 is 1. The molecule has 0 spiro atoms. The molecule has 0 saturated heterocycles. The highest BCUT2D eigenvalue weighted by atomic mass is 32.1. The number of carbonyl (C=O) groups is 1. The zero-order chi connectivity index (χ0) is 14.4. The van der Waals surface area contributed by atoms with Crippen LogP contribution in [-0.4, -0.2) is 24.7 Å². The minimum atomic E-state index is -0.173. The molecule has 4 nitrogen and oxygen atoms in total. The van der Waals surface area contributed by atoms with Gasteiger partial charge in [-0.2, -0.15) is 0 Å². The summed E-state index contributed by atoms with van der Waals surface area (Å²) < 4.78 is 5.12. The van der Waals surface area contributed by atoms with Crippen molar-refractivity contribution in [1.29, 1.82) is 0 Å². The number of hydrogen-bond donors (Lipinski definition) is 2. The van der Waals surface area contributed by atoms with E-state index in [1.165, 1.54) is 22.7 Å². The van der Waals surface area contributed by atoms with Crippen molar-refractivity contribution >= 4 is 28.6 Å². The summed E-state index contributed by atoms with van der Waals surface area (Å²) in [7, 11) is 1.54. The number of carbonyl (C=O) groups excluding carboxylic acids is 1. The smallest absolute Gasteiger partial charge is 0.265 e. The zero-order valence-corrected chi connectivity index (χ0v) is 12.4. The molecule has 2 aromatic rings. The lowest BCUT2D eigenvalue weighted by molar-refractivity contribution is 0.0952. The normalized spacial score (nSPS) is 9.70. The van der Waals surface area contributed by atoms with E-state index in [4.69, 9.17) is 9.84 Å². The highest BCUT2D eigenvalue weighted by Crippen LogP contribution is 2.24. The average Bonchev–Trinajstić information content (AvgIpc) is 3.10. The van der Waals surface area contributed by atoms with E-state index in [1.807, 2.05) is 16.8 Å². The molecule has 1 amide bonds. The molecular weight excluding hydrogens is 294 g/mol. The molecule has 0 aromatic carbocycles.